The summed E-state index contributed by atoms with van der Waals surface area (Å²) in [4.78, 5) is 30.2. The van der Waals surface area contributed by atoms with Gasteiger partial charge in [-0.2, -0.15) is 4.99 Å². The van der Waals surface area contributed by atoms with Crippen LogP contribution >= 0.6 is 11.3 Å². The van der Waals surface area contributed by atoms with Crippen LogP contribution in [0.2, 0.25) is 0 Å². The molecule has 4 rings (SSSR count). The lowest BCUT2D eigenvalue weighted by molar-refractivity contribution is 0.0995. The van der Waals surface area contributed by atoms with Crippen LogP contribution in [0, 0.1) is 0 Å². The second-order valence-electron chi connectivity index (χ2n) is 6.35. The Morgan fingerprint density at radius 1 is 1.23 bits per heavy atom. The number of methoxy groups -OCH3 is 2. The SMILES string of the molecule is C=CCn1c(=NC(=O)c2coc3ccccc3c2=O)sc2cc(OC)c(OC)cc21. The Labute approximate surface area is 175 Å². The van der Waals surface area contributed by atoms with Crippen molar-refractivity contribution < 1.29 is 18.7 Å². The molecule has 0 aliphatic heterocycles. The van der Waals surface area contributed by atoms with E-state index in [4.69, 9.17) is 13.9 Å². The van der Waals surface area contributed by atoms with Gasteiger partial charge in [0.1, 0.15) is 17.4 Å². The minimum atomic E-state index is -0.669. The maximum Gasteiger partial charge on any atom is 0.286 e. The minimum Gasteiger partial charge on any atom is -0.493 e. The Morgan fingerprint density at radius 2 is 1.97 bits per heavy atom. The van der Waals surface area contributed by atoms with Gasteiger partial charge in [-0.15, -0.1) is 6.58 Å². The number of thiazole rings is 1. The molecular weight excluding hydrogens is 404 g/mol. The van der Waals surface area contributed by atoms with E-state index in [0.29, 0.717) is 33.8 Å². The van der Waals surface area contributed by atoms with E-state index in [-0.39, 0.29) is 5.56 Å². The lowest BCUT2D eigenvalue weighted by Crippen LogP contribution is -2.19. The highest BCUT2D eigenvalue weighted by Crippen LogP contribution is 2.33. The van der Waals surface area contributed by atoms with Crippen LogP contribution in [0.4, 0.5) is 0 Å². The van der Waals surface area contributed by atoms with Crippen molar-refractivity contribution in [2.75, 3.05) is 14.2 Å². The smallest absolute Gasteiger partial charge is 0.286 e. The van der Waals surface area contributed by atoms with Crippen molar-refractivity contribution in [2.45, 2.75) is 6.54 Å². The average molecular weight is 422 g/mol. The van der Waals surface area contributed by atoms with Crippen molar-refractivity contribution in [1.29, 1.82) is 0 Å². The van der Waals surface area contributed by atoms with Crippen molar-refractivity contribution in [2.24, 2.45) is 4.99 Å². The lowest BCUT2D eigenvalue weighted by Gasteiger charge is -2.08. The number of ether oxygens (including phenoxy) is 2. The van der Waals surface area contributed by atoms with Crippen LogP contribution in [0.25, 0.3) is 21.2 Å². The number of hydrogen-bond donors (Lipinski definition) is 0. The molecule has 2 heterocycles. The molecule has 0 saturated carbocycles. The van der Waals surface area contributed by atoms with Crippen LogP contribution in [0.1, 0.15) is 10.4 Å². The number of nitrogens with zero attached hydrogens (tertiary/aromatic N) is 2. The molecule has 0 unspecified atom stereocenters. The van der Waals surface area contributed by atoms with Gasteiger partial charge in [0.2, 0.25) is 5.43 Å². The summed E-state index contributed by atoms with van der Waals surface area (Å²) in [6.45, 7) is 4.21. The van der Waals surface area contributed by atoms with Gasteiger partial charge < -0.3 is 18.5 Å². The molecule has 0 aliphatic rings. The zero-order valence-electron chi connectivity index (χ0n) is 16.4. The van der Waals surface area contributed by atoms with Crippen LogP contribution in [0.3, 0.4) is 0 Å². The van der Waals surface area contributed by atoms with Crippen LogP contribution in [-0.4, -0.2) is 24.7 Å². The third-order valence-corrected chi connectivity index (χ3v) is 5.65. The van der Waals surface area contributed by atoms with Gasteiger partial charge in [-0.25, -0.2) is 0 Å². The van der Waals surface area contributed by atoms with Gasteiger partial charge in [0.25, 0.3) is 5.91 Å². The molecule has 8 heteroatoms. The third-order valence-electron chi connectivity index (χ3n) is 4.61. The molecule has 2 aromatic heterocycles. The Bertz CT molecular complexity index is 1410. The van der Waals surface area contributed by atoms with E-state index < -0.39 is 11.3 Å². The van der Waals surface area contributed by atoms with Gasteiger partial charge in [-0.1, -0.05) is 29.5 Å². The maximum atomic E-state index is 12.8. The number of aromatic nitrogens is 1. The fourth-order valence-electron chi connectivity index (χ4n) is 3.16. The molecule has 0 fully saturated rings. The van der Waals surface area contributed by atoms with E-state index in [9.17, 15) is 9.59 Å². The normalized spacial score (nSPS) is 11.7. The molecular formula is C22H18N2O5S. The minimum absolute atomic E-state index is 0.119. The van der Waals surface area contributed by atoms with E-state index in [0.717, 1.165) is 16.5 Å². The number of allylic oxidation sites excluding steroid dienone is 1. The molecule has 0 aliphatic carbocycles. The van der Waals surface area contributed by atoms with Gasteiger partial charge >= 0.3 is 0 Å². The molecule has 0 radical (unpaired) electrons. The predicted octanol–water partition coefficient (Wildman–Crippen LogP) is 3.75. The van der Waals surface area contributed by atoms with Crippen LogP contribution in [0.5, 0.6) is 11.5 Å². The van der Waals surface area contributed by atoms with Crippen molar-refractivity contribution in [3.05, 3.63) is 75.9 Å². The average Bonchev–Trinajstić information content (AvgIpc) is 3.09. The summed E-state index contributed by atoms with van der Waals surface area (Å²) in [5, 5.41) is 0.336. The van der Waals surface area contributed by atoms with Crippen molar-refractivity contribution in [3.63, 3.8) is 0 Å². The molecule has 4 aromatic rings. The van der Waals surface area contributed by atoms with Crippen molar-refractivity contribution in [1.82, 2.24) is 4.57 Å². The monoisotopic (exact) mass is 422 g/mol. The molecule has 0 saturated heterocycles. The number of benzene rings is 2. The summed E-state index contributed by atoms with van der Waals surface area (Å²) in [7, 11) is 3.12. The third kappa shape index (κ3) is 3.31. The zero-order chi connectivity index (χ0) is 21.3. The summed E-state index contributed by atoms with van der Waals surface area (Å²) in [6.07, 6.45) is 2.87. The zero-order valence-corrected chi connectivity index (χ0v) is 17.2. The number of hydrogen-bond acceptors (Lipinski definition) is 6. The summed E-state index contributed by atoms with van der Waals surface area (Å²) in [6, 6.07) is 10.4. The van der Waals surface area contributed by atoms with Crippen LogP contribution < -0.4 is 19.7 Å². The van der Waals surface area contributed by atoms with E-state index in [1.807, 2.05) is 16.7 Å². The Balaban J connectivity index is 1.90. The molecule has 2 aromatic carbocycles. The van der Waals surface area contributed by atoms with Crippen molar-refractivity contribution in [3.8, 4) is 11.5 Å². The lowest BCUT2D eigenvalue weighted by atomic mass is 10.2. The van der Waals surface area contributed by atoms with E-state index in [1.54, 1.807) is 44.6 Å². The first-order chi connectivity index (χ1) is 14.6. The van der Waals surface area contributed by atoms with Gasteiger partial charge in [-0.3, -0.25) is 9.59 Å². The van der Waals surface area contributed by atoms with E-state index >= 15 is 0 Å². The topological polar surface area (TPSA) is 83.0 Å². The molecule has 7 nitrogen and oxygen atoms in total. The predicted molar refractivity (Wildman–Crippen MR) is 115 cm³/mol. The number of rotatable bonds is 5. The van der Waals surface area contributed by atoms with Gasteiger partial charge in [0.05, 0.1) is 29.8 Å². The molecule has 30 heavy (non-hydrogen) atoms. The Kier molecular flexibility index (Phi) is 5.24. The quantitative estimate of drug-likeness (QED) is 0.458. The molecule has 0 spiro atoms. The summed E-state index contributed by atoms with van der Waals surface area (Å²) >= 11 is 1.30. The number of para-hydroxylation sites is 1. The van der Waals surface area contributed by atoms with Crippen molar-refractivity contribution >= 4 is 38.4 Å². The van der Waals surface area contributed by atoms with Crippen LogP contribution in [-0.2, 0) is 6.54 Å². The standard InChI is InChI=1S/C22H18N2O5S/c1-4-9-24-15-10-17(27-2)18(28-3)11-19(15)30-22(24)23-21(26)14-12-29-16-8-6-5-7-13(16)20(14)25/h4-8,10-12H,1,9H2,2-3H3. The highest BCUT2D eigenvalue weighted by Gasteiger charge is 2.16. The second kappa shape index (κ2) is 8.00. The molecule has 1 amide bonds. The highest BCUT2D eigenvalue weighted by molar-refractivity contribution is 7.16. The molecule has 152 valence electrons. The summed E-state index contributed by atoms with van der Waals surface area (Å²) in [5.74, 6) is 0.469. The fraction of sp³-hybridized carbons (Fsp3) is 0.136. The highest BCUT2D eigenvalue weighted by atomic mass is 32.1. The first-order valence-electron chi connectivity index (χ1n) is 9.03. The van der Waals surface area contributed by atoms with Gasteiger partial charge in [0, 0.05) is 18.7 Å². The Hall–Kier alpha value is -3.65. The summed E-state index contributed by atoms with van der Waals surface area (Å²) in [5.41, 5.74) is 0.702. The Morgan fingerprint density at radius 3 is 2.70 bits per heavy atom. The first kappa shape index (κ1) is 19.7. The van der Waals surface area contributed by atoms with E-state index in [2.05, 4.69) is 11.6 Å². The van der Waals surface area contributed by atoms with E-state index in [1.165, 1.54) is 11.3 Å². The number of amides is 1. The molecule has 0 N–H and O–H groups in total. The summed E-state index contributed by atoms with van der Waals surface area (Å²) < 4.78 is 18.9. The molecule has 0 atom stereocenters. The first-order valence-corrected chi connectivity index (χ1v) is 9.85. The fourth-order valence-corrected chi connectivity index (χ4v) is 4.21. The second-order valence-corrected chi connectivity index (χ2v) is 7.36. The number of fused-ring (bicyclic) bond motifs is 2. The maximum absolute atomic E-state index is 12.8. The van der Waals surface area contributed by atoms with Crippen LogP contribution in [0.15, 0.2) is 69.5 Å². The molecule has 0 bridgehead atoms. The number of carbonyl (C=O) groups is 1. The largest absolute Gasteiger partial charge is 0.493 e. The van der Waals surface area contributed by atoms with Gasteiger partial charge in [0.15, 0.2) is 16.3 Å². The van der Waals surface area contributed by atoms with Gasteiger partial charge in [-0.05, 0) is 12.1 Å². The number of carbonyl (C=O) groups excluding carboxylic acids is 1.